The Morgan fingerprint density at radius 3 is 2.46 bits per heavy atom. The number of anilines is 1. The Morgan fingerprint density at radius 2 is 1.77 bits per heavy atom. The van der Waals surface area contributed by atoms with E-state index in [4.69, 9.17) is 23.2 Å². The van der Waals surface area contributed by atoms with Crippen LogP contribution in [0.4, 0.5) is 5.69 Å². The van der Waals surface area contributed by atoms with Crippen LogP contribution in [0.3, 0.4) is 0 Å². The van der Waals surface area contributed by atoms with Gasteiger partial charge >= 0.3 is 0 Å². The van der Waals surface area contributed by atoms with Gasteiger partial charge in [-0.25, -0.2) is 0 Å². The summed E-state index contributed by atoms with van der Waals surface area (Å²) in [5, 5.41) is 16.3. The van der Waals surface area contributed by atoms with Gasteiger partial charge in [-0.05, 0) is 56.0 Å². The Morgan fingerprint density at radius 1 is 1.06 bits per heavy atom. The highest BCUT2D eigenvalue weighted by atomic mass is 35.5. The van der Waals surface area contributed by atoms with Crippen molar-refractivity contribution in [1.82, 2.24) is 20.1 Å². The van der Waals surface area contributed by atoms with E-state index in [1.165, 1.54) is 11.8 Å². The molecule has 0 spiro atoms. The number of nitrogens with zero attached hydrogens (tertiary/aromatic N) is 3. The monoisotopic (exact) mass is 533 g/mol. The summed E-state index contributed by atoms with van der Waals surface area (Å²) in [5.41, 5.74) is 1.91. The highest BCUT2D eigenvalue weighted by Crippen LogP contribution is 2.27. The third-order valence-electron chi connectivity index (χ3n) is 5.38. The second-order valence-electron chi connectivity index (χ2n) is 8.47. The van der Waals surface area contributed by atoms with Gasteiger partial charge in [0, 0.05) is 17.3 Å². The molecule has 0 aliphatic rings. The summed E-state index contributed by atoms with van der Waals surface area (Å²) in [4.78, 5) is 25.5. The molecule has 0 fully saturated rings. The second-order valence-corrected chi connectivity index (χ2v) is 10.2. The van der Waals surface area contributed by atoms with E-state index >= 15 is 0 Å². The smallest absolute Gasteiger partial charge is 0.253 e. The summed E-state index contributed by atoms with van der Waals surface area (Å²) in [6, 6.07) is 12.0. The molecular weight excluding hydrogens is 505 g/mol. The molecule has 3 rings (SSSR count). The van der Waals surface area contributed by atoms with Crippen molar-refractivity contribution < 1.29 is 9.59 Å². The molecular formula is C25H29Cl2N5O2S. The second kappa shape index (κ2) is 12.4. The lowest BCUT2D eigenvalue weighted by Crippen LogP contribution is -2.31. The van der Waals surface area contributed by atoms with Gasteiger partial charge in [-0.3, -0.25) is 9.59 Å². The van der Waals surface area contributed by atoms with Crippen molar-refractivity contribution in [3.63, 3.8) is 0 Å². The van der Waals surface area contributed by atoms with Crippen LogP contribution in [0.5, 0.6) is 0 Å². The number of aromatic nitrogens is 3. The molecule has 1 unspecified atom stereocenters. The molecule has 2 amide bonds. The molecule has 0 aliphatic heterocycles. The Kier molecular flexibility index (Phi) is 9.60. The van der Waals surface area contributed by atoms with E-state index in [2.05, 4.69) is 34.7 Å². The zero-order valence-corrected chi connectivity index (χ0v) is 22.5. The van der Waals surface area contributed by atoms with Crippen molar-refractivity contribution >= 4 is 52.5 Å². The summed E-state index contributed by atoms with van der Waals surface area (Å²) in [5.74, 6) is 0.674. The number of carbonyl (C=O) groups is 2. The molecule has 0 saturated carbocycles. The molecule has 1 atom stereocenters. The van der Waals surface area contributed by atoms with E-state index in [9.17, 15) is 9.59 Å². The largest absolute Gasteiger partial charge is 0.342 e. The maximum absolute atomic E-state index is 13.0. The van der Waals surface area contributed by atoms with Gasteiger partial charge in [-0.15, -0.1) is 10.2 Å². The van der Waals surface area contributed by atoms with E-state index in [-0.39, 0.29) is 23.6 Å². The topological polar surface area (TPSA) is 88.9 Å². The molecule has 2 N–H and O–H groups in total. The van der Waals surface area contributed by atoms with Gasteiger partial charge in [0.1, 0.15) is 0 Å². The lowest BCUT2D eigenvalue weighted by Gasteiger charge is -2.21. The molecule has 35 heavy (non-hydrogen) atoms. The number of thioether (sulfide) groups is 1. The molecule has 0 aliphatic carbocycles. The molecule has 0 saturated heterocycles. The molecule has 7 nitrogen and oxygen atoms in total. The van der Waals surface area contributed by atoms with Gasteiger partial charge in [0.25, 0.3) is 5.91 Å². The van der Waals surface area contributed by atoms with Crippen LogP contribution in [0.2, 0.25) is 10.0 Å². The fraction of sp³-hybridized carbons (Fsp3) is 0.360. The average Bonchev–Trinajstić information content (AvgIpc) is 3.23. The number of amides is 2. The molecule has 10 heteroatoms. The van der Waals surface area contributed by atoms with Crippen molar-refractivity contribution in [2.24, 2.45) is 5.92 Å². The normalized spacial score (nSPS) is 12.0. The maximum Gasteiger partial charge on any atom is 0.253 e. The Hall–Kier alpha value is -2.55. The first-order valence-corrected chi connectivity index (χ1v) is 13.1. The van der Waals surface area contributed by atoms with Crippen LogP contribution < -0.4 is 10.6 Å². The number of halogens is 2. The standard InChI is InChI=1S/C25H29Cl2N5O2S/c1-5-32-23(21(13-15(2)3)29-24(34)17-9-6-7-10-19(17)27)30-31-25(32)35-14-22(33)28-20-12-8-11-18(26)16(20)4/h6-12,15,21H,5,13-14H2,1-4H3,(H,28,33)(H,29,34). The van der Waals surface area contributed by atoms with Crippen LogP contribution in [0.15, 0.2) is 47.6 Å². The zero-order chi connectivity index (χ0) is 25.5. The van der Waals surface area contributed by atoms with E-state index in [1.807, 2.05) is 24.5 Å². The van der Waals surface area contributed by atoms with Crippen LogP contribution in [0.1, 0.15) is 55.0 Å². The maximum atomic E-state index is 13.0. The molecule has 0 radical (unpaired) electrons. The van der Waals surface area contributed by atoms with Gasteiger partial charge in [0.2, 0.25) is 5.91 Å². The first-order chi connectivity index (χ1) is 16.7. The number of benzene rings is 2. The zero-order valence-electron chi connectivity index (χ0n) is 20.1. The quantitative estimate of drug-likeness (QED) is 0.304. The lowest BCUT2D eigenvalue weighted by molar-refractivity contribution is -0.113. The van der Waals surface area contributed by atoms with Crippen LogP contribution in [-0.4, -0.2) is 32.3 Å². The van der Waals surface area contributed by atoms with Crippen LogP contribution >= 0.6 is 35.0 Å². The van der Waals surface area contributed by atoms with Crippen molar-refractivity contribution in [2.45, 2.75) is 51.9 Å². The Labute approximate surface area is 220 Å². The molecule has 0 bridgehead atoms. The summed E-state index contributed by atoms with van der Waals surface area (Å²) in [6.07, 6.45) is 0.674. The Balaban J connectivity index is 1.75. The fourth-order valence-electron chi connectivity index (χ4n) is 3.60. The van der Waals surface area contributed by atoms with Gasteiger partial charge in [0.15, 0.2) is 11.0 Å². The predicted molar refractivity (Wildman–Crippen MR) is 142 cm³/mol. The molecule has 2 aromatic carbocycles. The molecule has 1 aromatic heterocycles. The molecule has 3 aromatic rings. The number of nitrogens with one attached hydrogen (secondary N) is 2. The predicted octanol–water partition coefficient (Wildman–Crippen LogP) is 6.16. The van der Waals surface area contributed by atoms with Gasteiger partial charge in [0.05, 0.1) is 22.4 Å². The minimum Gasteiger partial charge on any atom is -0.342 e. The average molecular weight is 535 g/mol. The van der Waals surface area contributed by atoms with E-state index in [1.54, 1.807) is 36.4 Å². The van der Waals surface area contributed by atoms with Crippen molar-refractivity contribution in [1.29, 1.82) is 0 Å². The summed E-state index contributed by atoms with van der Waals surface area (Å²) < 4.78 is 1.93. The highest BCUT2D eigenvalue weighted by molar-refractivity contribution is 7.99. The van der Waals surface area contributed by atoms with Crippen molar-refractivity contribution in [3.8, 4) is 0 Å². The van der Waals surface area contributed by atoms with Gasteiger partial charge in [-0.1, -0.05) is 67.0 Å². The van der Waals surface area contributed by atoms with Gasteiger partial charge < -0.3 is 15.2 Å². The van der Waals surface area contributed by atoms with E-state index in [0.29, 0.717) is 51.2 Å². The fourth-order valence-corrected chi connectivity index (χ4v) is 4.81. The number of hydrogen-bond donors (Lipinski definition) is 2. The summed E-state index contributed by atoms with van der Waals surface area (Å²) in [7, 11) is 0. The molecule has 1 heterocycles. The highest BCUT2D eigenvalue weighted by Gasteiger charge is 2.25. The first kappa shape index (κ1) is 27.0. The van der Waals surface area contributed by atoms with Crippen molar-refractivity contribution in [2.75, 3.05) is 11.1 Å². The number of rotatable bonds is 10. The Bertz CT molecular complexity index is 1200. The third-order valence-corrected chi connectivity index (χ3v) is 7.08. The van der Waals surface area contributed by atoms with Crippen LogP contribution in [-0.2, 0) is 11.3 Å². The van der Waals surface area contributed by atoms with Crippen LogP contribution in [0.25, 0.3) is 0 Å². The SMILES string of the molecule is CCn1c(SCC(=O)Nc2cccc(Cl)c2C)nnc1C(CC(C)C)NC(=O)c1ccccc1Cl. The van der Waals surface area contributed by atoms with E-state index < -0.39 is 0 Å². The minimum absolute atomic E-state index is 0.158. The minimum atomic E-state index is -0.358. The van der Waals surface area contributed by atoms with Crippen LogP contribution in [0, 0.1) is 12.8 Å². The number of hydrogen-bond acceptors (Lipinski definition) is 5. The van der Waals surface area contributed by atoms with Gasteiger partial charge in [-0.2, -0.15) is 0 Å². The summed E-state index contributed by atoms with van der Waals surface area (Å²) >= 11 is 13.7. The lowest BCUT2D eigenvalue weighted by atomic mass is 10.0. The van der Waals surface area contributed by atoms with Crippen molar-refractivity contribution in [3.05, 3.63) is 69.5 Å². The first-order valence-electron chi connectivity index (χ1n) is 11.4. The van der Waals surface area contributed by atoms with E-state index in [0.717, 1.165) is 5.56 Å². The number of carbonyl (C=O) groups excluding carboxylic acids is 2. The summed E-state index contributed by atoms with van der Waals surface area (Å²) in [6.45, 7) is 8.60. The molecule has 186 valence electrons. The third kappa shape index (κ3) is 6.99.